The third-order valence-corrected chi connectivity index (χ3v) is 1.69. The summed E-state index contributed by atoms with van der Waals surface area (Å²) in [6.07, 6.45) is -2.31. The van der Waals surface area contributed by atoms with E-state index in [0.717, 1.165) is 13.3 Å². The van der Waals surface area contributed by atoms with E-state index >= 15 is 0 Å². The van der Waals surface area contributed by atoms with Gasteiger partial charge in [-0.25, -0.2) is 13.2 Å². The average molecular weight is 220 g/mol. The van der Waals surface area contributed by atoms with Crippen LogP contribution in [0.25, 0.3) is 0 Å². The van der Waals surface area contributed by atoms with Crippen LogP contribution in [-0.4, -0.2) is 18.0 Å². The van der Waals surface area contributed by atoms with Crippen molar-refractivity contribution in [3.05, 3.63) is 23.3 Å². The Morgan fingerprint density at radius 2 is 2.20 bits per heavy atom. The maximum atomic E-state index is 13.3. The summed E-state index contributed by atoms with van der Waals surface area (Å²) in [5.41, 5.74) is 2.84. The van der Waals surface area contributed by atoms with E-state index in [0.29, 0.717) is 0 Å². The monoisotopic (exact) mass is 220 g/mol. The molecule has 0 atom stereocenters. The van der Waals surface area contributed by atoms with E-state index in [1.807, 2.05) is 0 Å². The van der Waals surface area contributed by atoms with E-state index in [2.05, 4.69) is 9.72 Å². The zero-order valence-corrected chi connectivity index (χ0v) is 7.63. The predicted molar refractivity (Wildman–Crippen MR) is 44.2 cm³/mol. The maximum Gasteiger partial charge on any atom is 0.281 e. The van der Waals surface area contributed by atoms with Gasteiger partial charge >= 0.3 is 0 Å². The van der Waals surface area contributed by atoms with Crippen LogP contribution in [0.3, 0.4) is 0 Å². The maximum absolute atomic E-state index is 13.3. The predicted octanol–water partition coefficient (Wildman–Crippen LogP) is 1.27. The second-order valence-electron chi connectivity index (χ2n) is 2.57. The number of pyridine rings is 1. The van der Waals surface area contributed by atoms with Gasteiger partial charge in [-0.1, -0.05) is 0 Å². The van der Waals surface area contributed by atoms with Gasteiger partial charge in [0.25, 0.3) is 12.3 Å². The molecule has 4 nitrogen and oxygen atoms in total. The van der Waals surface area contributed by atoms with Crippen LogP contribution in [0.2, 0.25) is 0 Å². The molecule has 15 heavy (non-hydrogen) atoms. The van der Waals surface area contributed by atoms with E-state index < -0.39 is 35.2 Å². The first-order chi connectivity index (χ1) is 6.99. The highest BCUT2D eigenvalue weighted by atomic mass is 19.3. The number of carbonyl (C=O) groups is 1. The second-order valence-corrected chi connectivity index (χ2v) is 2.57. The van der Waals surface area contributed by atoms with Crippen LogP contribution in [-0.2, 0) is 0 Å². The van der Waals surface area contributed by atoms with E-state index in [9.17, 15) is 18.0 Å². The molecule has 0 aliphatic carbocycles. The Balaban J connectivity index is 3.44. The van der Waals surface area contributed by atoms with Crippen molar-refractivity contribution < 1.29 is 22.7 Å². The van der Waals surface area contributed by atoms with Crippen molar-refractivity contribution in [1.29, 1.82) is 0 Å². The fourth-order valence-electron chi connectivity index (χ4n) is 1.03. The summed E-state index contributed by atoms with van der Waals surface area (Å²) in [4.78, 5) is 14.0. The zero-order chi connectivity index (χ0) is 11.6. The molecule has 0 spiro atoms. The molecule has 1 rings (SSSR count). The number of amides is 1. The lowest BCUT2D eigenvalue weighted by Crippen LogP contribution is -2.18. The van der Waals surface area contributed by atoms with Crippen molar-refractivity contribution in [3.8, 4) is 5.75 Å². The standard InChI is InChI=1S/C8H7F3N2O2/c1-15-3-2-13-6(7(10)11)4(5(3)9)8(12)14/h2,7H,1H3,(H2,12,14). The van der Waals surface area contributed by atoms with Crippen LogP contribution in [0.5, 0.6) is 5.75 Å². The van der Waals surface area contributed by atoms with Crippen molar-refractivity contribution in [2.75, 3.05) is 7.11 Å². The average Bonchev–Trinajstić information content (AvgIpc) is 2.16. The molecular weight excluding hydrogens is 213 g/mol. The van der Waals surface area contributed by atoms with Gasteiger partial charge in [0.15, 0.2) is 11.6 Å². The van der Waals surface area contributed by atoms with Crippen LogP contribution < -0.4 is 10.5 Å². The summed E-state index contributed by atoms with van der Waals surface area (Å²) >= 11 is 0. The second kappa shape index (κ2) is 4.16. The lowest BCUT2D eigenvalue weighted by atomic mass is 10.1. The number of primary amides is 1. The van der Waals surface area contributed by atoms with E-state index in [4.69, 9.17) is 5.73 Å². The number of rotatable bonds is 3. The van der Waals surface area contributed by atoms with Gasteiger partial charge in [-0.2, -0.15) is 0 Å². The number of methoxy groups -OCH3 is 1. The molecule has 0 aliphatic rings. The molecule has 82 valence electrons. The molecule has 0 saturated carbocycles. The number of carbonyl (C=O) groups excluding carboxylic acids is 1. The molecule has 0 radical (unpaired) electrons. The van der Waals surface area contributed by atoms with Crippen LogP contribution in [0.4, 0.5) is 13.2 Å². The van der Waals surface area contributed by atoms with Gasteiger partial charge in [0, 0.05) is 0 Å². The molecule has 7 heteroatoms. The molecule has 0 fully saturated rings. The van der Waals surface area contributed by atoms with Gasteiger partial charge in [-0.15, -0.1) is 0 Å². The number of hydrogen-bond donors (Lipinski definition) is 1. The molecule has 1 aromatic heterocycles. The van der Waals surface area contributed by atoms with Gasteiger partial charge in [-0.3, -0.25) is 9.78 Å². The summed E-state index contributed by atoms with van der Waals surface area (Å²) in [6.45, 7) is 0. The molecule has 0 saturated heterocycles. The Kier molecular flexibility index (Phi) is 3.13. The number of nitrogens with zero attached hydrogens (tertiary/aromatic N) is 1. The van der Waals surface area contributed by atoms with Crippen LogP contribution in [0, 0.1) is 5.82 Å². The minimum atomic E-state index is -3.08. The van der Waals surface area contributed by atoms with Gasteiger partial charge < -0.3 is 10.5 Å². The Hall–Kier alpha value is -1.79. The number of hydrogen-bond acceptors (Lipinski definition) is 3. The molecule has 1 heterocycles. The summed E-state index contributed by atoms with van der Waals surface area (Å²) in [5, 5.41) is 0. The first kappa shape index (κ1) is 11.3. The third-order valence-electron chi connectivity index (χ3n) is 1.69. The SMILES string of the molecule is COc1cnc(C(F)F)c(C(N)=O)c1F. The van der Waals surface area contributed by atoms with Crippen molar-refractivity contribution in [2.24, 2.45) is 5.73 Å². The largest absolute Gasteiger partial charge is 0.492 e. The molecule has 1 amide bonds. The first-order valence-electron chi connectivity index (χ1n) is 3.79. The third kappa shape index (κ3) is 2.00. The Bertz CT molecular complexity index is 396. The summed E-state index contributed by atoms with van der Waals surface area (Å²) in [6, 6.07) is 0. The Labute approximate surface area is 82.9 Å². The lowest BCUT2D eigenvalue weighted by molar-refractivity contribution is 0.0976. The molecule has 1 aromatic rings. The zero-order valence-electron chi connectivity index (χ0n) is 7.63. The Morgan fingerprint density at radius 1 is 1.60 bits per heavy atom. The smallest absolute Gasteiger partial charge is 0.281 e. The number of alkyl halides is 2. The first-order valence-corrected chi connectivity index (χ1v) is 3.79. The highest BCUT2D eigenvalue weighted by Gasteiger charge is 2.25. The van der Waals surface area contributed by atoms with Crippen molar-refractivity contribution in [2.45, 2.75) is 6.43 Å². The van der Waals surface area contributed by atoms with Gasteiger partial charge in [0.2, 0.25) is 0 Å². The van der Waals surface area contributed by atoms with Crippen LogP contribution in [0.1, 0.15) is 22.5 Å². The van der Waals surface area contributed by atoms with E-state index in [1.54, 1.807) is 0 Å². The highest BCUT2D eigenvalue weighted by molar-refractivity contribution is 5.94. The minimum Gasteiger partial charge on any atom is -0.492 e. The van der Waals surface area contributed by atoms with Gasteiger partial charge in [0.1, 0.15) is 11.3 Å². The van der Waals surface area contributed by atoms with Crippen molar-refractivity contribution in [3.63, 3.8) is 0 Å². The van der Waals surface area contributed by atoms with Crippen molar-refractivity contribution >= 4 is 5.91 Å². The number of halogens is 3. The fourth-order valence-corrected chi connectivity index (χ4v) is 1.03. The van der Waals surface area contributed by atoms with Gasteiger partial charge in [0.05, 0.1) is 13.3 Å². The summed E-state index contributed by atoms with van der Waals surface area (Å²) in [5.74, 6) is -2.95. The molecule has 0 aromatic carbocycles. The molecule has 2 N–H and O–H groups in total. The quantitative estimate of drug-likeness (QED) is 0.834. The lowest BCUT2D eigenvalue weighted by Gasteiger charge is -2.08. The summed E-state index contributed by atoms with van der Waals surface area (Å²) < 4.78 is 42.5. The molecule has 0 unspecified atom stereocenters. The summed E-state index contributed by atoms with van der Waals surface area (Å²) in [7, 11) is 1.12. The fraction of sp³-hybridized carbons (Fsp3) is 0.250. The van der Waals surface area contributed by atoms with Crippen molar-refractivity contribution in [1.82, 2.24) is 4.98 Å². The number of aromatic nitrogens is 1. The van der Waals surface area contributed by atoms with Crippen LogP contribution in [0.15, 0.2) is 6.20 Å². The molecule has 0 bridgehead atoms. The normalized spacial score (nSPS) is 10.5. The molecule has 0 aliphatic heterocycles. The van der Waals surface area contributed by atoms with Crippen LogP contribution >= 0.6 is 0 Å². The Morgan fingerprint density at radius 3 is 2.60 bits per heavy atom. The highest BCUT2D eigenvalue weighted by Crippen LogP contribution is 2.27. The minimum absolute atomic E-state index is 0.409. The molecular formula is C8H7F3N2O2. The van der Waals surface area contributed by atoms with Gasteiger partial charge in [-0.05, 0) is 0 Å². The number of nitrogens with two attached hydrogens (primary N) is 1. The van der Waals surface area contributed by atoms with E-state index in [-0.39, 0.29) is 0 Å². The topological polar surface area (TPSA) is 65.2 Å². The van der Waals surface area contributed by atoms with E-state index in [1.165, 1.54) is 0 Å². The number of ether oxygens (including phenoxy) is 1.